The van der Waals surface area contributed by atoms with Gasteiger partial charge in [0.25, 0.3) is 5.56 Å². The lowest BCUT2D eigenvalue weighted by atomic mass is 10.1. The van der Waals surface area contributed by atoms with Crippen LogP contribution in [-0.4, -0.2) is 56.9 Å². The van der Waals surface area contributed by atoms with Crippen molar-refractivity contribution in [1.29, 1.82) is 0 Å². The monoisotopic (exact) mass is 468 g/mol. The normalized spacial score (nSPS) is 14.1. The number of rotatable bonds is 3. The zero-order chi connectivity index (χ0) is 23.9. The van der Waals surface area contributed by atoms with Crippen LogP contribution < -0.4 is 11.2 Å². The fraction of sp³-hybridized carbons (Fsp3) is 0.333. The van der Waals surface area contributed by atoms with Gasteiger partial charge < -0.3 is 9.80 Å². The first-order valence-electron chi connectivity index (χ1n) is 10.7. The number of aryl methyl sites for hydroxylation is 2. The highest BCUT2D eigenvalue weighted by atomic mass is 35.5. The van der Waals surface area contributed by atoms with Crippen molar-refractivity contribution in [3.63, 3.8) is 0 Å². The van der Waals surface area contributed by atoms with Crippen molar-refractivity contribution in [2.75, 3.05) is 26.2 Å². The van der Waals surface area contributed by atoms with Crippen molar-refractivity contribution in [2.45, 2.75) is 27.3 Å². The van der Waals surface area contributed by atoms with Crippen LogP contribution in [0.3, 0.4) is 0 Å². The molecule has 0 radical (unpaired) electrons. The Morgan fingerprint density at radius 2 is 1.61 bits per heavy atom. The van der Waals surface area contributed by atoms with E-state index in [4.69, 9.17) is 11.6 Å². The molecule has 0 spiro atoms. The van der Waals surface area contributed by atoms with Crippen LogP contribution in [0, 0.1) is 13.8 Å². The van der Waals surface area contributed by atoms with E-state index in [-0.39, 0.29) is 18.4 Å². The molecule has 1 aliphatic heterocycles. The minimum Gasteiger partial charge on any atom is -0.339 e. The summed E-state index contributed by atoms with van der Waals surface area (Å²) in [6.07, 6.45) is 0. The van der Waals surface area contributed by atoms with E-state index >= 15 is 0 Å². The number of nitrogens with zero attached hydrogens (tertiary/aromatic N) is 4. The number of hydrogen-bond acceptors (Lipinski definition) is 4. The molecule has 0 saturated carbocycles. The topological polar surface area (TPSA) is 84.6 Å². The minimum atomic E-state index is -0.605. The molecule has 0 atom stereocenters. The van der Waals surface area contributed by atoms with Gasteiger partial charge in [0.05, 0.1) is 16.6 Å². The molecule has 0 unspecified atom stereocenters. The molecular formula is C24H25ClN4O4. The Kier molecular flexibility index (Phi) is 6.12. The number of carbonyl (C=O) groups is 2. The molecule has 0 N–H and O–H groups in total. The zero-order valence-corrected chi connectivity index (χ0v) is 19.6. The van der Waals surface area contributed by atoms with E-state index in [1.165, 1.54) is 11.5 Å². The molecule has 172 valence electrons. The second kappa shape index (κ2) is 8.86. The average molecular weight is 469 g/mol. The molecule has 0 aliphatic carbocycles. The van der Waals surface area contributed by atoms with Gasteiger partial charge in [-0.05, 0) is 43.7 Å². The van der Waals surface area contributed by atoms with Gasteiger partial charge in [-0.2, -0.15) is 0 Å². The molecule has 1 fully saturated rings. The lowest BCUT2D eigenvalue weighted by molar-refractivity contribution is -0.138. The van der Waals surface area contributed by atoms with Crippen molar-refractivity contribution < 1.29 is 9.59 Å². The van der Waals surface area contributed by atoms with Gasteiger partial charge in [-0.15, -0.1) is 0 Å². The zero-order valence-electron chi connectivity index (χ0n) is 18.8. The Balaban J connectivity index is 1.80. The van der Waals surface area contributed by atoms with E-state index in [0.717, 1.165) is 15.7 Å². The number of piperazine rings is 1. The summed E-state index contributed by atoms with van der Waals surface area (Å²) >= 11 is 6.26. The van der Waals surface area contributed by atoms with Gasteiger partial charge in [-0.3, -0.25) is 19.0 Å². The van der Waals surface area contributed by atoms with Crippen molar-refractivity contribution in [2.24, 2.45) is 0 Å². The Hall–Kier alpha value is -3.39. The van der Waals surface area contributed by atoms with Crippen molar-refractivity contribution in [3.8, 4) is 5.69 Å². The van der Waals surface area contributed by atoms with Gasteiger partial charge in [0.2, 0.25) is 11.8 Å². The summed E-state index contributed by atoms with van der Waals surface area (Å²) in [5, 5.41) is 0.787. The summed E-state index contributed by atoms with van der Waals surface area (Å²) in [6, 6.07) is 10.2. The molecular weight excluding hydrogens is 444 g/mol. The van der Waals surface area contributed by atoms with Gasteiger partial charge in [0, 0.05) is 38.1 Å². The first-order chi connectivity index (χ1) is 15.7. The quantitative estimate of drug-likeness (QED) is 0.589. The number of amides is 2. The second-order valence-corrected chi connectivity index (χ2v) is 8.76. The van der Waals surface area contributed by atoms with Crippen LogP contribution in [0.5, 0.6) is 0 Å². The third-order valence-electron chi connectivity index (χ3n) is 6.08. The molecule has 4 rings (SSSR count). The van der Waals surface area contributed by atoms with E-state index in [1.807, 2.05) is 13.8 Å². The van der Waals surface area contributed by atoms with Crippen molar-refractivity contribution >= 4 is 34.3 Å². The van der Waals surface area contributed by atoms with E-state index in [0.29, 0.717) is 47.8 Å². The SMILES string of the molecule is CC(=O)N1CCN(C(=O)Cn2c(=O)n(-c3ccc(C)c(Cl)c3)c(=O)c3cc(C)ccc32)CC1. The van der Waals surface area contributed by atoms with Crippen molar-refractivity contribution in [1.82, 2.24) is 18.9 Å². The largest absolute Gasteiger partial charge is 0.339 e. The molecule has 1 aliphatic rings. The first-order valence-corrected chi connectivity index (χ1v) is 11.1. The van der Waals surface area contributed by atoms with E-state index in [1.54, 1.807) is 46.2 Å². The maximum atomic E-state index is 13.5. The van der Waals surface area contributed by atoms with Crippen LogP contribution in [0.1, 0.15) is 18.1 Å². The van der Waals surface area contributed by atoms with Crippen LogP contribution in [0.2, 0.25) is 5.02 Å². The predicted molar refractivity (Wildman–Crippen MR) is 127 cm³/mol. The average Bonchev–Trinajstić information content (AvgIpc) is 2.79. The summed E-state index contributed by atoms with van der Waals surface area (Å²) in [7, 11) is 0. The smallest absolute Gasteiger partial charge is 0.336 e. The van der Waals surface area contributed by atoms with Gasteiger partial charge in [0.15, 0.2) is 0 Å². The number of hydrogen-bond donors (Lipinski definition) is 0. The van der Waals surface area contributed by atoms with Crippen LogP contribution in [0.4, 0.5) is 0 Å². The molecule has 0 bridgehead atoms. The molecule has 3 aromatic rings. The summed E-state index contributed by atoms with van der Waals surface area (Å²) in [5.74, 6) is -0.266. The van der Waals surface area contributed by atoms with Crippen LogP contribution in [0.15, 0.2) is 46.0 Å². The Labute approximate surface area is 195 Å². The molecule has 1 aromatic heterocycles. The highest BCUT2D eigenvalue weighted by Gasteiger charge is 2.24. The van der Waals surface area contributed by atoms with Gasteiger partial charge in [0.1, 0.15) is 6.54 Å². The van der Waals surface area contributed by atoms with Crippen LogP contribution in [0.25, 0.3) is 16.6 Å². The summed E-state index contributed by atoms with van der Waals surface area (Å²) in [4.78, 5) is 54.8. The van der Waals surface area contributed by atoms with Crippen LogP contribution >= 0.6 is 11.6 Å². The lowest BCUT2D eigenvalue weighted by Crippen LogP contribution is -2.51. The summed E-state index contributed by atoms with van der Waals surface area (Å²) in [5.41, 5.74) is 1.38. The van der Waals surface area contributed by atoms with Gasteiger partial charge in [-0.25, -0.2) is 9.36 Å². The highest BCUT2D eigenvalue weighted by Crippen LogP contribution is 2.19. The first kappa shape index (κ1) is 22.8. The third kappa shape index (κ3) is 4.30. The fourth-order valence-corrected chi connectivity index (χ4v) is 4.27. The third-order valence-corrected chi connectivity index (χ3v) is 6.49. The number of benzene rings is 2. The number of fused-ring (bicyclic) bond motifs is 1. The minimum absolute atomic E-state index is 0.0245. The summed E-state index contributed by atoms with van der Waals surface area (Å²) < 4.78 is 2.40. The number of aromatic nitrogens is 2. The molecule has 2 aromatic carbocycles. The van der Waals surface area contributed by atoms with E-state index in [2.05, 4.69) is 0 Å². The Morgan fingerprint density at radius 3 is 2.24 bits per heavy atom. The van der Waals surface area contributed by atoms with Gasteiger partial charge in [-0.1, -0.05) is 29.3 Å². The predicted octanol–water partition coefficient (Wildman–Crippen LogP) is 2.11. The molecule has 2 amide bonds. The van der Waals surface area contributed by atoms with Gasteiger partial charge >= 0.3 is 5.69 Å². The maximum Gasteiger partial charge on any atom is 0.336 e. The molecule has 8 nitrogen and oxygen atoms in total. The fourth-order valence-electron chi connectivity index (χ4n) is 4.09. The molecule has 9 heteroatoms. The van der Waals surface area contributed by atoms with E-state index < -0.39 is 11.2 Å². The standard InChI is InChI=1S/C24H25ClN4O4/c1-15-4-7-21-19(12-15)23(32)29(18-6-5-16(2)20(25)13-18)24(33)28(21)14-22(31)27-10-8-26(9-11-27)17(3)30/h4-7,12-13H,8-11,14H2,1-3H3. The van der Waals surface area contributed by atoms with Crippen LogP contribution in [-0.2, 0) is 16.1 Å². The summed E-state index contributed by atoms with van der Waals surface area (Å²) in [6.45, 7) is 6.70. The molecule has 33 heavy (non-hydrogen) atoms. The number of halogens is 1. The Bertz CT molecular complexity index is 1380. The second-order valence-electron chi connectivity index (χ2n) is 8.35. The molecule has 1 saturated heterocycles. The van der Waals surface area contributed by atoms with Crippen molar-refractivity contribution in [3.05, 3.63) is 73.4 Å². The lowest BCUT2D eigenvalue weighted by Gasteiger charge is -2.34. The maximum absolute atomic E-state index is 13.5. The van der Waals surface area contributed by atoms with E-state index in [9.17, 15) is 19.2 Å². The number of carbonyl (C=O) groups excluding carboxylic acids is 2. The Morgan fingerprint density at radius 1 is 0.939 bits per heavy atom. The molecule has 2 heterocycles. The highest BCUT2D eigenvalue weighted by molar-refractivity contribution is 6.31.